The van der Waals surface area contributed by atoms with E-state index in [1.807, 2.05) is 17.9 Å². The van der Waals surface area contributed by atoms with Crippen LogP contribution in [0.1, 0.15) is 55.5 Å². The summed E-state index contributed by atoms with van der Waals surface area (Å²) >= 11 is 0. The summed E-state index contributed by atoms with van der Waals surface area (Å²) in [5.41, 5.74) is 0.504. The average Bonchev–Trinajstić information content (AvgIpc) is 3.57. The van der Waals surface area contributed by atoms with Gasteiger partial charge in [0.05, 0.1) is 12.0 Å². The summed E-state index contributed by atoms with van der Waals surface area (Å²) in [6, 6.07) is 6.24. The number of alkyl halides is 3. The number of likely N-dealkylation sites (tertiary alicyclic amines) is 1. The van der Waals surface area contributed by atoms with Crippen LogP contribution in [-0.2, 0) is 16.6 Å². The molecule has 2 aromatic heterocycles. The van der Waals surface area contributed by atoms with Gasteiger partial charge in [-0.15, -0.1) is 0 Å². The first-order valence-corrected chi connectivity index (χ1v) is 12.5. The van der Waals surface area contributed by atoms with E-state index >= 15 is 0 Å². The maximum atomic E-state index is 13.0. The predicted octanol–water partition coefficient (Wildman–Crippen LogP) is 4.73. The van der Waals surface area contributed by atoms with Crippen LogP contribution in [0.5, 0.6) is 0 Å². The Bertz CT molecular complexity index is 1280. The normalized spacial score (nSPS) is 22.3. The van der Waals surface area contributed by atoms with Crippen LogP contribution in [0, 0.1) is 12.8 Å². The second-order valence-electron chi connectivity index (χ2n) is 9.95. The van der Waals surface area contributed by atoms with E-state index in [1.54, 1.807) is 29.2 Å². The molecule has 1 saturated carbocycles. The Kier molecular flexibility index (Phi) is 6.65. The molecule has 3 heterocycles. The van der Waals surface area contributed by atoms with E-state index < -0.39 is 17.5 Å². The molecule has 0 bridgehead atoms. The second kappa shape index (κ2) is 9.77. The monoisotopic (exact) mass is 514 g/mol. The van der Waals surface area contributed by atoms with Crippen molar-refractivity contribution in [1.82, 2.24) is 24.4 Å². The fourth-order valence-corrected chi connectivity index (χ4v) is 5.19. The van der Waals surface area contributed by atoms with E-state index in [4.69, 9.17) is 0 Å². The summed E-state index contributed by atoms with van der Waals surface area (Å²) in [5, 5.41) is 14.2. The molecule has 8 nitrogen and oxygen atoms in total. The minimum absolute atomic E-state index is 0.0519. The number of anilines is 2. The highest BCUT2D eigenvalue weighted by Crippen LogP contribution is 2.40. The lowest BCUT2D eigenvalue weighted by atomic mass is 9.77. The van der Waals surface area contributed by atoms with Crippen molar-refractivity contribution in [3.8, 4) is 5.69 Å². The number of imidazole rings is 1. The maximum Gasteiger partial charge on any atom is 0.433 e. The van der Waals surface area contributed by atoms with E-state index in [2.05, 4.69) is 20.3 Å². The molecule has 0 unspecified atom stereocenters. The third-order valence-corrected chi connectivity index (χ3v) is 7.20. The van der Waals surface area contributed by atoms with Crippen LogP contribution in [0.15, 0.2) is 43.0 Å². The van der Waals surface area contributed by atoms with Gasteiger partial charge in [-0.3, -0.25) is 4.79 Å². The molecule has 1 amide bonds. The number of hydrogen-bond donors (Lipinski definition) is 2. The molecule has 1 aromatic carbocycles. The minimum atomic E-state index is -4.56. The highest BCUT2D eigenvalue weighted by Gasteiger charge is 2.40. The van der Waals surface area contributed by atoms with Crippen molar-refractivity contribution in [2.24, 2.45) is 5.92 Å². The Morgan fingerprint density at radius 2 is 1.86 bits per heavy atom. The largest absolute Gasteiger partial charge is 0.433 e. The number of nitrogens with one attached hydrogen (secondary N) is 1. The van der Waals surface area contributed by atoms with Crippen molar-refractivity contribution in [1.29, 1.82) is 0 Å². The van der Waals surface area contributed by atoms with E-state index in [-0.39, 0.29) is 17.8 Å². The maximum absolute atomic E-state index is 13.0. The smallest absolute Gasteiger partial charge is 0.383 e. The quantitative estimate of drug-likeness (QED) is 0.511. The van der Waals surface area contributed by atoms with Gasteiger partial charge in [0.25, 0.3) is 0 Å². The summed E-state index contributed by atoms with van der Waals surface area (Å²) in [6.07, 6.45) is 4.14. The molecule has 3 aromatic rings. The van der Waals surface area contributed by atoms with Crippen molar-refractivity contribution in [2.45, 2.75) is 57.2 Å². The molecule has 37 heavy (non-hydrogen) atoms. The van der Waals surface area contributed by atoms with Crippen LogP contribution < -0.4 is 5.32 Å². The zero-order valence-electron chi connectivity index (χ0n) is 20.5. The standard InChI is InChI=1S/C26H29F3N6O2/c1-17-12-19(32-24-30-9-6-21(33-24)26(27,28)29)14-20(13-17)35-15-22(31-16-35)25(37)7-4-18(5-8-25)23(36)34-10-2-3-11-34/h6,9,12-16,18,37H,2-5,7-8,10-11H2,1H3,(H,30,32,33)/t18-,25-. The summed E-state index contributed by atoms with van der Waals surface area (Å²) in [5.74, 6) is -0.00852. The van der Waals surface area contributed by atoms with Crippen LogP contribution in [0.3, 0.4) is 0 Å². The number of aliphatic hydroxyl groups is 1. The number of aromatic nitrogens is 4. The summed E-state index contributed by atoms with van der Waals surface area (Å²) in [7, 11) is 0. The molecule has 1 aliphatic carbocycles. The van der Waals surface area contributed by atoms with E-state index in [1.165, 1.54) is 0 Å². The third kappa shape index (κ3) is 5.46. The SMILES string of the molecule is Cc1cc(Nc2nccc(C(F)(F)F)n2)cc(-n2cnc([C@]3(O)CC[C@H](C(=O)N4CCCC4)CC3)c2)c1. The van der Waals surface area contributed by atoms with Gasteiger partial charge in [0.2, 0.25) is 11.9 Å². The first-order chi connectivity index (χ1) is 17.6. The Morgan fingerprint density at radius 3 is 2.57 bits per heavy atom. The van der Waals surface area contributed by atoms with Crippen LogP contribution in [0.4, 0.5) is 24.8 Å². The summed E-state index contributed by atoms with van der Waals surface area (Å²) in [4.78, 5) is 26.6. The molecule has 11 heteroatoms. The molecule has 196 valence electrons. The Morgan fingerprint density at radius 1 is 1.14 bits per heavy atom. The van der Waals surface area contributed by atoms with Crippen molar-refractivity contribution in [3.05, 3.63) is 59.9 Å². The summed E-state index contributed by atoms with van der Waals surface area (Å²) in [6.45, 7) is 3.53. The lowest BCUT2D eigenvalue weighted by Gasteiger charge is -2.35. The van der Waals surface area contributed by atoms with Crippen molar-refractivity contribution < 1.29 is 23.1 Å². The average molecular weight is 515 g/mol. The number of nitrogens with zero attached hydrogens (tertiary/aromatic N) is 5. The predicted molar refractivity (Wildman–Crippen MR) is 130 cm³/mol. The zero-order valence-corrected chi connectivity index (χ0v) is 20.5. The van der Waals surface area contributed by atoms with Crippen molar-refractivity contribution in [3.63, 3.8) is 0 Å². The van der Waals surface area contributed by atoms with Crippen LogP contribution in [0.25, 0.3) is 5.69 Å². The zero-order chi connectivity index (χ0) is 26.2. The van der Waals surface area contributed by atoms with Gasteiger partial charge in [-0.2, -0.15) is 13.2 Å². The van der Waals surface area contributed by atoms with Crippen LogP contribution >= 0.6 is 0 Å². The summed E-state index contributed by atoms with van der Waals surface area (Å²) < 4.78 is 40.8. The number of aryl methyl sites for hydroxylation is 1. The number of halogens is 3. The lowest BCUT2D eigenvalue weighted by molar-refractivity contribution is -0.141. The van der Waals surface area contributed by atoms with Gasteiger partial charge >= 0.3 is 6.18 Å². The first-order valence-electron chi connectivity index (χ1n) is 12.5. The Balaban J connectivity index is 1.30. The second-order valence-corrected chi connectivity index (χ2v) is 9.95. The molecule has 1 saturated heterocycles. The lowest BCUT2D eigenvalue weighted by Crippen LogP contribution is -2.39. The highest BCUT2D eigenvalue weighted by molar-refractivity contribution is 5.79. The fourth-order valence-electron chi connectivity index (χ4n) is 5.19. The molecule has 1 aliphatic heterocycles. The molecule has 2 fully saturated rings. The van der Waals surface area contributed by atoms with Crippen LogP contribution in [-0.4, -0.2) is 48.5 Å². The van der Waals surface area contributed by atoms with E-state index in [9.17, 15) is 23.1 Å². The van der Waals surface area contributed by atoms with Crippen molar-refractivity contribution in [2.75, 3.05) is 18.4 Å². The van der Waals surface area contributed by atoms with Gasteiger partial charge in [-0.05, 0) is 75.3 Å². The fraction of sp³-hybridized carbons (Fsp3) is 0.462. The first kappa shape index (κ1) is 25.2. The molecule has 2 aliphatic rings. The Labute approximate surface area is 212 Å². The molecular weight excluding hydrogens is 485 g/mol. The highest BCUT2D eigenvalue weighted by atomic mass is 19.4. The van der Waals surface area contributed by atoms with Gasteiger partial charge in [0, 0.05) is 42.8 Å². The molecule has 0 spiro atoms. The molecule has 2 N–H and O–H groups in total. The molecule has 0 radical (unpaired) electrons. The Hall–Kier alpha value is -3.47. The minimum Gasteiger partial charge on any atom is -0.383 e. The van der Waals surface area contributed by atoms with Gasteiger partial charge in [0.1, 0.15) is 11.3 Å². The molecule has 5 rings (SSSR count). The number of benzene rings is 1. The molecule has 0 atom stereocenters. The van der Waals surface area contributed by atoms with Gasteiger partial charge < -0.3 is 19.9 Å². The van der Waals surface area contributed by atoms with E-state index in [0.717, 1.165) is 49.4 Å². The number of carbonyl (C=O) groups excluding carboxylic acids is 1. The number of carbonyl (C=O) groups is 1. The van der Waals surface area contributed by atoms with E-state index in [0.29, 0.717) is 37.1 Å². The van der Waals surface area contributed by atoms with Gasteiger partial charge in [-0.25, -0.2) is 15.0 Å². The van der Waals surface area contributed by atoms with Gasteiger partial charge in [-0.1, -0.05) is 0 Å². The van der Waals surface area contributed by atoms with Crippen LogP contribution in [0.2, 0.25) is 0 Å². The number of rotatable bonds is 5. The third-order valence-electron chi connectivity index (χ3n) is 7.20. The topological polar surface area (TPSA) is 96.2 Å². The molecular formula is C26H29F3N6O2. The number of amides is 1. The van der Waals surface area contributed by atoms with Crippen molar-refractivity contribution >= 4 is 17.5 Å². The number of hydrogen-bond acceptors (Lipinski definition) is 6. The van der Waals surface area contributed by atoms with Gasteiger partial charge in [0.15, 0.2) is 0 Å².